The first-order valence-corrected chi connectivity index (χ1v) is 12.3. The molecule has 0 bridgehead atoms. The molecule has 0 fully saturated rings. The number of hydrogen-bond donors (Lipinski definition) is 5. The SMILES string of the molecule is O=C1COc2ccc(CNC(=O)c3cc(C(=O)N[C@H]4CCc5cc(C(=O)O)ccc54)nc4nc(=O)[nH]n34)cc2N1. The van der Waals surface area contributed by atoms with Crippen molar-refractivity contribution in [2.45, 2.75) is 25.4 Å². The van der Waals surface area contributed by atoms with Crippen LogP contribution in [-0.4, -0.2) is 55.0 Å². The van der Waals surface area contributed by atoms with E-state index in [1.165, 1.54) is 12.1 Å². The predicted octanol–water partition coefficient (Wildman–Crippen LogP) is 0.794. The van der Waals surface area contributed by atoms with Gasteiger partial charge in [-0.2, -0.15) is 4.98 Å². The van der Waals surface area contributed by atoms with E-state index in [1.807, 2.05) is 0 Å². The number of carbonyl (C=O) groups is 4. The van der Waals surface area contributed by atoms with Crippen molar-refractivity contribution in [3.63, 3.8) is 0 Å². The highest BCUT2D eigenvalue weighted by molar-refractivity contribution is 5.98. The number of aromatic amines is 1. The molecule has 3 heterocycles. The summed E-state index contributed by atoms with van der Waals surface area (Å²) >= 11 is 0. The van der Waals surface area contributed by atoms with Crippen molar-refractivity contribution in [1.29, 1.82) is 0 Å². The summed E-state index contributed by atoms with van der Waals surface area (Å²) in [5, 5.41) is 19.9. The van der Waals surface area contributed by atoms with Gasteiger partial charge in [0.1, 0.15) is 17.1 Å². The van der Waals surface area contributed by atoms with Crippen molar-refractivity contribution in [3.05, 3.63) is 86.6 Å². The topological polar surface area (TPSA) is 197 Å². The third-order valence-electron chi connectivity index (χ3n) is 6.71. The highest BCUT2D eigenvalue weighted by atomic mass is 16.5. The summed E-state index contributed by atoms with van der Waals surface area (Å²) in [6.45, 7) is 0.00248. The molecule has 0 unspecified atom stereocenters. The molecule has 14 heteroatoms. The minimum absolute atomic E-state index is 0.0704. The number of nitrogens with zero attached hydrogens (tertiary/aromatic N) is 3. The highest BCUT2D eigenvalue weighted by Gasteiger charge is 2.27. The molecular weight excluding hydrogens is 522 g/mol. The van der Waals surface area contributed by atoms with E-state index in [1.54, 1.807) is 30.3 Å². The maximum Gasteiger partial charge on any atom is 0.363 e. The average molecular weight is 543 g/mol. The number of nitrogens with one attached hydrogen (secondary N) is 4. The van der Waals surface area contributed by atoms with Gasteiger partial charge in [-0.15, -0.1) is 0 Å². The Morgan fingerprint density at radius 2 is 1.93 bits per heavy atom. The number of aromatic nitrogens is 4. The van der Waals surface area contributed by atoms with Crippen LogP contribution < -0.4 is 26.4 Å². The number of carboxylic acids is 1. The van der Waals surface area contributed by atoms with Crippen molar-refractivity contribution in [2.75, 3.05) is 11.9 Å². The molecule has 5 N–H and O–H groups in total. The lowest BCUT2D eigenvalue weighted by atomic mass is 10.0. The number of aromatic carboxylic acids is 1. The summed E-state index contributed by atoms with van der Waals surface area (Å²) in [7, 11) is 0. The van der Waals surface area contributed by atoms with E-state index in [2.05, 4.69) is 31.0 Å². The summed E-state index contributed by atoms with van der Waals surface area (Å²) in [5.74, 6) is -2.15. The maximum absolute atomic E-state index is 13.2. The number of ether oxygens (including phenoxy) is 1. The summed E-state index contributed by atoms with van der Waals surface area (Å²) in [6.07, 6.45) is 1.16. The predicted molar refractivity (Wildman–Crippen MR) is 137 cm³/mol. The number of H-pyrrole nitrogens is 1. The molecule has 2 aliphatic rings. The monoisotopic (exact) mass is 543 g/mol. The molecule has 4 aromatic rings. The fourth-order valence-electron chi connectivity index (χ4n) is 4.82. The highest BCUT2D eigenvalue weighted by Crippen LogP contribution is 2.32. The third kappa shape index (κ3) is 4.62. The van der Waals surface area contributed by atoms with E-state index in [-0.39, 0.29) is 47.8 Å². The fourth-order valence-corrected chi connectivity index (χ4v) is 4.82. The number of hydrogen-bond acceptors (Lipinski definition) is 8. The van der Waals surface area contributed by atoms with Gasteiger partial charge in [-0.3, -0.25) is 14.4 Å². The zero-order chi connectivity index (χ0) is 28.0. The van der Waals surface area contributed by atoms with Gasteiger partial charge in [-0.05, 0) is 53.8 Å². The van der Waals surface area contributed by atoms with Crippen LogP contribution in [-0.2, 0) is 17.8 Å². The molecule has 0 spiro atoms. The average Bonchev–Trinajstić information content (AvgIpc) is 3.52. The standard InChI is InChI=1S/C26H21N7O7/c34-21-11-40-20-6-1-12(7-17(20)28-21)10-27-23(36)19-9-18(30-25-31-26(39)32-33(19)25)22(35)29-16-5-3-13-8-14(24(37)38)2-4-15(13)16/h1-2,4,6-9,16H,3,5,10-11H2,(H,27,36)(H,28,34)(H,29,35)(H,32,39)(H,37,38)/t16-/m0/s1. The first kappa shape index (κ1) is 24.8. The number of benzene rings is 2. The smallest absolute Gasteiger partial charge is 0.363 e. The van der Waals surface area contributed by atoms with Crippen molar-refractivity contribution in [3.8, 4) is 5.75 Å². The third-order valence-corrected chi connectivity index (χ3v) is 6.71. The second-order valence-corrected chi connectivity index (χ2v) is 9.32. The lowest BCUT2D eigenvalue weighted by Gasteiger charge is -2.18. The molecular formula is C26H21N7O7. The summed E-state index contributed by atoms with van der Waals surface area (Å²) in [5.41, 5.74) is 2.03. The maximum atomic E-state index is 13.2. The van der Waals surface area contributed by atoms with Crippen LogP contribution in [0.25, 0.3) is 5.78 Å². The van der Waals surface area contributed by atoms with Crippen LogP contribution in [0.3, 0.4) is 0 Å². The molecule has 40 heavy (non-hydrogen) atoms. The molecule has 1 aliphatic heterocycles. The Labute approximate surface area is 224 Å². The van der Waals surface area contributed by atoms with Crippen molar-refractivity contribution in [1.82, 2.24) is 30.2 Å². The van der Waals surface area contributed by atoms with Gasteiger partial charge >= 0.3 is 11.7 Å². The van der Waals surface area contributed by atoms with Crippen LogP contribution in [0.2, 0.25) is 0 Å². The van der Waals surface area contributed by atoms with Crippen molar-refractivity contribution >= 4 is 35.2 Å². The second kappa shape index (κ2) is 9.65. The molecule has 1 atom stereocenters. The molecule has 0 saturated carbocycles. The van der Waals surface area contributed by atoms with Gasteiger partial charge in [0.15, 0.2) is 6.61 Å². The van der Waals surface area contributed by atoms with Gasteiger partial charge < -0.3 is 25.8 Å². The minimum Gasteiger partial charge on any atom is -0.482 e. The number of fused-ring (bicyclic) bond motifs is 3. The molecule has 0 saturated heterocycles. The zero-order valence-corrected chi connectivity index (χ0v) is 20.7. The summed E-state index contributed by atoms with van der Waals surface area (Å²) in [4.78, 5) is 69.0. The van der Waals surface area contributed by atoms with Gasteiger partial charge in [-0.1, -0.05) is 12.1 Å². The van der Waals surface area contributed by atoms with Crippen LogP contribution >= 0.6 is 0 Å². The van der Waals surface area contributed by atoms with Gasteiger partial charge in [0.2, 0.25) is 0 Å². The van der Waals surface area contributed by atoms with Gasteiger partial charge in [0.05, 0.1) is 17.3 Å². The summed E-state index contributed by atoms with van der Waals surface area (Å²) in [6, 6.07) is 10.7. The largest absolute Gasteiger partial charge is 0.482 e. The molecule has 2 aromatic heterocycles. The van der Waals surface area contributed by atoms with E-state index in [0.29, 0.717) is 29.8 Å². The number of amides is 3. The lowest BCUT2D eigenvalue weighted by Crippen LogP contribution is -2.30. The Balaban J connectivity index is 1.22. The fraction of sp³-hybridized carbons (Fsp3) is 0.192. The molecule has 3 amide bonds. The number of aryl methyl sites for hydroxylation is 1. The minimum atomic E-state index is -1.03. The van der Waals surface area contributed by atoms with Gasteiger partial charge in [0, 0.05) is 12.6 Å². The molecule has 14 nitrogen and oxygen atoms in total. The summed E-state index contributed by atoms with van der Waals surface area (Å²) < 4.78 is 6.43. The van der Waals surface area contributed by atoms with Crippen LogP contribution in [0.1, 0.15) is 60.5 Å². The first-order valence-electron chi connectivity index (χ1n) is 12.3. The Bertz CT molecular complexity index is 1790. The van der Waals surface area contributed by atoms with E-state index in [4.69, 9.17) is 4.74 Å². The van der Waals surface area contributed by atoms with Gasteiger partial charge in [-0.25, -0.2) is 24.2 Å². The Kier molecular flexibility index (Phi) is 5.98. The molecule has 2 aromatic carbocycles. The molecule has 0 radical (unpaired) electrons. The molecule has 6 rings (SSSR count). The van der Waals surface area contributed by atoms with Crippen LogP contribution in [0.4, 0.5) is 5.69 Å². The van der Waals surface area contributed by atoms with E-state index in [0.717, 1.165) is 15.6 Å². The van der Waals surface area contributed by atoms with Crippen LogP contribution in [0.5, 0.6) is 5.75 Å². The lowest BCUT2D eigenvalue weighted by molar-refractivity contribution is -0.118. The number of carboxylic acid groups (broad SMARTS) is 1. The first-order chi connectivity index (χ1) is 19.2. The molecule has 1 aliphatic carbocycles. The normalized spacial score (nSPS) is 15.5. The van der Waals surface area contributed by atoms with Crippen molar-refractivity contribution < 1.29 is 29.0 Å². The van der Waals surface area contributed by atoms with Crippen LogP contribution in [0, 0.1) is 0 Å². The second-order valence-electron chi connectivity index (χ2n) is 9.32. The number of carbonyl (C=O) groups excluding carboxylic acids is 3. The Hall–Kier alpha value is -5.53. The quantitative estimate of drug-likeness (QED) is 0.233. The van der Waals surface area contributed by atoms with Gasteiger partial charge in [0.25, 0.3) is 23.5 Å². The van der Waals surface area contributed by atoms with E-state index < -0.39 is 23.5 Å². The van der Waals surface area contributed by atoms with Crippen molar-refractivity contribution in [2.24, 2.45) is 0 Å². The zero-order valence-electron chi connectivity index (χ0n) is 20.7. The molecule has 202 valence electrons. The Morgan fingerprint density at radius 1 is 1.07 bits per heavy atom. The van der Waals surface area contributed by atoms with Crippen LogP contribution in [0.15, 0.2) is 47.3 Å². The van der Waals surface area contributed by atoms with E-state index >= 15 is 0 Å². The number of rotatable bonds is 6. The Morgan fingerprint density at radius 3 is 2.75 bits per heavy atom. The van der Waals surface area contributed by atoms with E-state index in [9.17, 15) is 29.1 Å². The number of anilines is 1.